The average Bonchev–Trinajstić information content (AvgIpc) is 3.41. The van der Waals surface area contributed by atoms with Gasteiger partial charge in [0.05, 0.1) is 17.9 Å². The van der Waals surface area contributed by atoms with Gasteiger partial charge in [0, 0.05) is 13.3 Å². The van der Waals surface area contributed by atoms with Crippen molar-refractivity contribution in [3.05, 3.63) is 58.9 Å². The first-order valence-electron chi connectivity index (χ1n) is 13.4. The molecule has 7 atom stereocenters. The lowest BCUT2D eigenvalue weighted by Gasteiger charge is -2.57. The number of nitrogens with zero attached hydrogens (tertiary/aromatic N) is 2. The Morgan fingerprint density at radius 2 is 1.77 bits per heavy atom. The molecule has 0 aromatic heterocycles. The smallest absolute Gasteiger partial charge is 0.240 e. The van der Waals surface area contributed by atoms with E-state index in [4.69, 9.17) is 5.10 Å². The summed E-state index contributed by atoms with van der Waals surface area (Å²) in [6, 6.07) is 6.32. The monoisotopic (exact) mass is 476 g/mol. The average molecular weight is 477 g/mol. The standard InChI is InChI=1S/C30H37FN2O2/c1-18(34)33-28(19-4-7-21(31)8-5-19)17-27(32-33)26-11-10-24-23-9-6-20-16-22(35)12-14-29(20,2)25(23)13-15-30(24,26)3/h4-8,11,22-25,28,35H,9-10,12-17H2,1-3H3/t22-,23-,24-,25-,28-,29-,30-/m0/s1. The number of aliphatic hydroxyl groups is 1. The third-order valence-corrected chi connectivity index (χ3v) is 10.5. The fourth-order valence-electron chi connectivity index (χ4n) is 8.56. The lowest BCUT2D eigenvalue weighted by molar-refractivity contribution is -0.130. The zero-order valence-electron chi connectivity index (χ0n) is 21.1. The molecule has 4 aliphatic carbocycles. The Bertz CT molecular complexity index is 1140. The summed E-state index contributed by atoms with van der Waals surface area (Å²) >= 11 is 0. The van der Waals surface area contributed by atoms with E-state index >= 15 is 0 Å². The lowest BCUT2D eigenvalue weighted by atomic mass is 9.47. The van der Waals surface area contributed by atoms with Crippen LogP contribution in [0.3, 0.4) is 0 Å². The van der Waals surface area contributed by atoms with Gasteiger partial charge in [-0.1, -0.05) is 43.7 Å². The number of hydrogen-bond donors (Lipinski definition) is 1. The number of halogens is 1. The molecule has 0 spiro atoms. The number of carbonyl (C=O) groups excluding carboxylic acids is 1. The van der Waals surface area contributed by atoms with Gasteiger partial charge in [0.15, 0.2) is 0 Å². The van der Waals surface area contributed by atoms with Crippen molar-refractivity contribution in [2.45, 2.75) is 84.3 Å². The molecular formula is C30H37FN2O2. The molecule has 5 heteroatoms. The van der Waals surface area contributed by atoms with Crippen LogP contribution >= 0.6 is 0 Å². The Kier molecular flexibility index (Phi) is 5.37. The molecule has 0 radical (unpaired) electrons. The van der Waals surface area contributed by atoms with Gasteiger partial charge in [0.1, 0.15) is 5.82 Å². The Balaban J connectivity index is 1.27. The second-order valence-corrected chi connectivity index (χ2v) is 12.1. The second-order valence-electron chi connectivity index (χ2n) is 12.1. The van der Waals surface area contributed by atoms with Crippen molar-refractivity contribution in [3.63, 3.8) is 0 Å². The van der Waals surface area contributed by atoms with Gasteiger partial charge < -0.3 is 5.11 Å². The minimum absolute atomic E-state index is 0.0734. The Morgan fingerprint density at radius 3 is 2.51 bits per heavy atom. The van der Waals surface area contributed by atoms with E-state index in [0.29, 0.717) is 24.2 Å². The van der Waals surface area contributed by atoms with E-state index < -0.39 is 0 Å². The van der Waals surface area contributed by atoms with Crippen molar-refractivity contribution >= 4 is 11.6 Å². The maximum atomic E-state index is 13.5. The minimum Gasteiger partial charge on any atom is -0.393 e. The van der Waals surface area contributed by atoms with Gasteiger partial charge in [0.25, 0.3) is 0 Å². The topological polar surface area (TPSA) is 52.9 Å². The van der Waals surface area contributed by atoms with Crippen LogP contribution in [0.4, 0.5) is 4.39 Å². The summed E-state index contributed by atoms with van der Waals surface area (Å²) < 4.78 is 13.5. The van der Waals surface area contributed by atoms with Gasteiger partial charge in [-0.15, -0.1) is 0 Å². The fraction of sp³-hybridized carbons (Fsp3) is 0.600. The number of benzene rings is 1. The summed E-state index contributed by atoms with van der Waals surface area (Å²) in [6.45, 7) is 6.47. The number of aliphatic hydroxyl groups excluding tert-OH is 1. The van der Waals surface area contributed by atoms with Gasteiger partial charge in [-0.2, -0.15) is 5.10 Å². The number of amides is 1. The molecule has 0 saturated heterocycles. The lowest BCUT2D eigenvalue weighted by Crippen LogP contribution is -2.50. The highest BCUT2D eigenvalue weighted by Crippen LogP contribution is 2.65. The zero-order valence-corrected chi connectivity index (χ0v) is 21.1. The quantitative estimate of drug-likeness (QED) is 0.507. The third kappa shape index (κ3) is 3.48. The molecule has 1 amide bonds. The number of carbonyl (C=O) groups is 1. The molecular weight excluding hydrogens is 439 g/mol. The Labute approximate surface area is 208 Å². The molecule has 4 nitrogen and oxygen atoms in total. The largest absolute Gasteiger partial charge is 0.393 e. The van der Waals surface area contributed by atoms with Crippen LogP contribution in [0.15, 0.2) is 52.7 Å². The van der Waals surface area contributed by atoms with Crippen LogP contribution in [0.5, 0.6) is 0 Å². The number of allylic oxidation sites excluding steroid dienone is 3. The predicted octanol–water partition coefficient (Wildman–Crippen LogP) is 6.34. The van der Waals surface area contributed by atoms with Gasteiger partial charge in [-0.25, -0.2) is 9.40 Å². The van der Waals surface area contributed by atoms with Crippen molar-refractivity contribution in [2.24, 2.45) is 33.7 Å². The summed E-state index contributed by atoms with van der Waals surface area (Å²) in [5.74, 6) is 1.60. The molecule has 6 rings (SSSR count). The van der Waals surface area contributed by atoms with Crippen LogP contribution < -0.4 is 0 Å². The Morgan fingerprint density at radius 1 is 1.03 bits per heavy atom. The summed E-state index contributed by atoms with van der Waals surface area (Å²) in [6.07, 6.45) is 12.9. The van der Waals surface area contributed by atoms with Gasteiger partial charge in [-0.05, 0) is 96.8 Å². The molecule has 1 aromatic rings. The van der Waals surface area contributed by atoms with E-state index in [2.05, 4.69) is 26.0 Å². The summed E-state index contributed by atoms with van der Waals surface area (Å²) in [7, 11) is 0. The van der Waals surface area contributed by atoms with Crippen molar-refractivity contribution in [1.29, 1.82) is 0 Å². The van der Waals surface area contributed by atoms with Crippen molar-refractivity contribution in [2.75, 3.05) is 0 Å². The maximum absolute atomic E-state index is 13.5. The van der Waals surface area contributed by atoms with Crippen LogP contribution in [0.25, 0.3) is 0 Å². The van der Waals surface area contributed by atoms with Gasteiger partial charge >= 0.3 is 0 Å². The molecule has 5 aliphatic rings. The minimum atomic E-state index is -0.265. The molecule has 1 heterocycles. The van der Waals surface area contributed by atoms with Crippen LogP contribution in [0, 0.1) is 34.4 Å². The number of hydrogen-bond acceptors (Lipinski definition) is 3. The molecule has 1 aromatic carbocycles. The normalized spacial score (nSPS) is 40.3. The van der Waals surface area contributed by atoms with Crippen LogP contribution in [-0.2, 0) is 4.79 Å². The van der Waals surface area contributed by atoms with E-state index in [0.717, 1.165) is 49.8 Å². The maximum Gasteiger partial charge on any atom is 0.240 e. The van der Waals surface area contributed by atoms with E-state index in [-0.39, 0.29) is 34.7 Å². The zero-order chi connectivity index (χ0) is 24.5. The first kappa shape index (κ1) is 23.1. The van der Waals surface area contributed by atoms with E-state index in [1.54, 1.807) is 24.1 Å². The summed E-state index contributed by atoms with van der Waals surface area (Å²) in [5.41, 5.74) is 5.13. The summed E-state index contributed by atoms with van der Waals surface area (Å²) in [4.78, 5) is 12.5. The SMILES string of the molecule is CC(=O)N1N=C(C2=CC[C@H]3[C@@H]4CC=C5C[C@@H](O)CC[C@]5(C)[C@H]4CC[C@]23C)C[C@H]1c1ccc(F)cc1. The Hall–Kier alpha value is -2.27. The third-order valence-electron chi connectivity index (χ3n) is 10.5. The molecule has 0 bridgehead atoms. The van der Waals surface area contributed by atoms with E-state index in [1.807, 2.05) is 0 Å². The van der Waals surface area contributed by atoms with Crippen LogP contribution in [-0.4, -0.2) is 27.8 Å². The van der Waals surface area contributed by atoms with E-state index in [1.165, 1.54) is 29.7 Å². The van der Waals surface area contributed by atoms with Gasteiger partial charge in [-0.3, -0.25) is 4.79 Å². The molecule has 1 aliphatic heterocycles. The molecule has 186 valence electrons. The van der Waals surface area contributed by atoms with E-state index in [9.17, 15) is 14.3 Å². The van der Waals surface area contributed by atoms with Crippen molar-refractivity contribution in [3.8, 4) is 0 Å². The molecule has 2 fully saturated rings. The molecule has 1 N–H and O–H groups in total. The summed E-state index contributed by atoms with van der Waals surface area (Å²) in [5, 5.41) is 16.8. The second kappa shape index (κ2) is 8.12. The highest BCUT2D eigenvalue weighted by molar-refractivity contribution is 6.04. The van der Waals surface area contributed by atoms with Crippen molar-refractivity contribution < 1.29 is 14.3 Å². The molecule has 2 saturated carbocycles. The highest BCUT2D eigenvalue weighted by Gasteiger charge is 2.57. The fourth-order valence-corrected chi connectivity index (χ4v) is 8.56. The predicted molar refractivity (Wildman–Crippen MR) is 135 cm³/mol. The van der Waals surface area contributed by atoms with Crippen LogP contribution in [0.1, 0.15) is 83.7 Å². The highest BCUT2D eigenvalue weighted by atomic mass is 19.1. The number of fused-ring (bicyclic) bond motifs is 5. The first-order chi connectivity index (χ1) is 16.7. The number of rotatable bonds is 2. The molecule has 0 unspecified atom stereocenters. The van der Waals surface area contributed by atoms with Crippen LogP contribution in [0.2, 0.25) is 0 Å². The van der Waals surface area contributed by atoms with Gasteiger partial charge in [0.2, 0.25) is 5.91 Å². The van der Waals surface area contributed by atoms with Crippen molar-refractivity contribution in [1.82, 2.24) is 5.01 Å². The first-order valence-corrected chi connectivity index (χ1v) is 13.4. The number of hydrazone groups is 1. The molecule has 35 heavy (non-hydrogen) atoms.